The van der Waals surface area contributed by atoms with Crippen molar-refractivity contribution in [2.24, 2.45) is 0 Å². The standard InChI is InChI=1S/C6H11O6P2.2CH4O/c1-11-13(9)6(14(10)12-2)4-3-5(7)8;2*1-2/h6H,3-4H2,1-2H3;2*2H,1H3/q+1;;/p+1. The average molecular weight is 306 g/mol. The van der Waals surface area contributed by atoms with E-state index in [-0.39, 0.29) is 12.8 Å². The van der Waals surface area contributed by atoms with Crippen molar-refractivity contribution in [3.05, 3.63) is 0 Å². The predicted octanol–water partition coefficient (Wildman–Crippen LogP) is 1.17. The Balaban J connectivity index is -0.000000506. The van der Waals surface area contributed by atoms with E-state index in [0.717, 1.165) is 14.2 Å². The highest BCUT2D eigenvalue weighted by Crippen LogP contribution is 2.47. The van der Waals surface area contributed by atoms with Crippen LogP contribution < -0.4 is 0 Å². The molecule has 0 bridgehead atoms. The molecule has 0 saturated carbocycles. The third kappa shape index (κ3) is 12.0. The summed E-state index contributed by atoms with van der Waals surface area (Å²) in [4.78, 5) is 10.3. The molecule has 0 aliphatic rings. The first-order chi connectivity index (χ1) is 8.52. The van der Waals surface area contributed by atoms with E-state index in [9.17, 15) is 13.9 Å². The van der Waals surface area contributed by atoms with Gasteiger partial charge in [0.05, 0.1) is 27.1 Å². The van der Waals surface area contributed by atoms with Gasteiger partial charge in [-0.3, -0.25) is 4.79 Å². The fourth-order valence-corrected chi connectivity index (χ4v) is 3.13. The molecule has 10 heteroatoms. The van der Waals surface area contributed by atoms with Gasteiger partial charge in [-0.05, 0) is 9.13 Å². The van der Waals surface area contributed by atoms with E-state index in [4.69, 9.17) is 15.3 Å². The van der Waals surface area contributed by atoms with Crippen LogP contribution in [0.25, 0.3) is 0 Å². The van der Waals surface area contributed by atoms with E-state index in [2.05, 4.69) is 9.05 Å². The molecular formula is C8H20O8P2+2. The van der Waals surface area contributed by atoms with Crippen molar-refractivity contribution in [3.8, 4) is 0 Å². The van der Waals surface area contributed by atoms with Crippen LogP contribution in [0.3, 0.4) is 0 Å². The molecule has 0 heterocycles. The van der Waals surface area contributed by atoms with E-state index in [1.807, 2.05) is 0 Å². The largest absolute Gasteiger partial charge is 0.566 e. The highest BCUT2D eigenvalue weighted by atomic mass is 31.2. The minimum atomic E-state index is -2.14. The van der Waals surface area contributed by atoms with Crippen LogP contribution in [0.5, 0.6) is 0 Å². The Morgan fingerprint density at radius 1 is 1.06 bits per heavy atom. The molecule has 0 radical (unpaired) electrons. The Bertz CT molecular complexity index is 229. The van der Waals surface area contributed by atoms with Gasteiger partial charge in [0.25, 0.3) is 0 Å². The van der Waals surface area contributed by atoms with Crippen LogP contribution in [0.15, 0.2) is 0 Å². The fraction of sp³-hybridized carbons (Fsp3) is 0.875. The van der Waals surface area contributed by atoms with Crippen molar-refractivity contribution in [3.63, 3.8) is 0 Å². The molecule has 0 aliphatic heterocycles. The van der Waals surface area contributed by atoms with Crippen LogP contribution >= 0.6 is 16.1 Å². The topological polar surface area (TPSA) is 130 Å². The smallest absolute Gasteiger partial charge is 0.481 e. The van der Waals surface area contributed by atoms with Gasteiger partial charge in [-0.2, -0.15) is 0 Å². The molecule has 108 valence electrons. The second kappa shape index (κ2) is 16.5. The third-order valence-electron chi connectivity index (χ3n) is 1.46. The van der Waals surface area contributed by atoms with Gasteiger partial charge in [-0.15, -0.1) is 9.05 Å². The summed E-state index contributed by atoms with van der Waals surface area (Å²) in [5, 5.41) is 21.5. The van der Waals surface area contributed by atoms with Crippen molar-refractivity contribution in [2.45, 2.75) is 18.2 Å². The maximum Gasteiger partial charge on any atom is 0.566 e. The lowest BCUT2D eigenvalue weighted by Crippen LogP contribution is -2.03. The maximum atomic E-state index is 11.2. The number of hydrogen-bond acceptors (Lipinski definition) is 7. The SMILES string of the molecule is CO.CO.CO[P+](=O)C(CCC(=O)O)[P+](=O)OC. The van der Waals surface area contributed by atoms with Gasteiger partial charge in [0, 0.05) is 14.2 Å². The summed E-state index contributed by atoms with van der Waals surface area (Å²) >= 11 is 0. The monoisotopic (exact) mass is 306 g/mol. The number of carbonyl (C=O) groups is 1. The number of aliphatic hydroxyl groups excluding tert-OH is 2. The Hall–Kier alpha value is -0.490. The van der Waals surface area contributed by atoms with Gasteiger partial charge in [0.2, 0.25) is 0 Å². The summed E-state index contributed by atoms with van der Waals surface area (Å²) < 4.78 is 31.4. The predicted molar refractivity (Wildman–Crippen MR) is 66.2 cm³/mol. The second-order valence-electron chi connectivity index (χ2n) is 2.35. The molecule has 0 aromatic rings. The molecule has 0 aliphatic carbocycles. The molecule has 0 rings (SSSR count). The van der Waals surface area contributed by atoms with Crippen molar-refractivity contribution >= 4 is 22.0 Å². The molecule has 0 spiro atoms. The van der Waals surface area contributed by atoms with E-state index >= 15 is 0 Å². The van der Waals surface area contributed by atoms with Crippen molar-refractivity contribution in [1.29, 1.82) is 0 Å². The van der Waals surface area contributed by atoms with Crippen LogP contribution in [-0.4, -0.2) is 55.1 Å². The lowest BCUT2D eigenvalue weighted by molar-refractivity contribution is -0.137. The van der Waals surface area contributed by atoms with Crippen LogP contribution in [0.4, 0.5) is 0 Å². The molecule has 0 aromatic heterocycles. The van der Waals surface area contributed by atoms with Crippen LogP contribution in [0.2, 0.25) is 0 Å². The maximum absolute atomic E-state index is 11.2. The Labute approximate surface area is 108 Å². The number of aliphatic carboxylic acids is 1. The zero-order chi connectivity index (χ0) is 15.1. The summed E-state index contributed by atoms with van der Waals surface area (Å²) in [6.07, 6.45) is -0.193. The number of hydrogen-bond donors (Lipinski definition) is 3. The molecule has 2 unspecified atom stereocenters. The van der Waals surface area contributed by atoms with Gasteiger partial charge in [-0.1, -0.05) is 0 Å². The summed E-state index contributed by atoms with van der Waals surface area (Å²) in [5.41, 5.74) is 0. The average Bonchev–Trinajstić information content (AvgIpc) is 2.42. The first kappa shape index (κ1) is 22.7. The van der Waals surface area contributed by atoms with E-state index in [0.29, 0.717) is 0 Å². The highest BCUT2D eigenvalue weighted by Gasteiger charge is 2.50. The molecule has 18 heavy (non-hydrogen) atoms. The minimum absolute atomic E-state index is 0.0153. The molecule has 0 aromatic carbocycles. The zero-order valence-corrected chi connectivity index (χ0v) is 12.6. The first-order valence-corrected chi connectivity index (χ1v) is 7.14. The van der Waals surface area contributed by atoms with E-state index in [1.54, 1.807) is 0 Å². The quantitative estimate of drug-likeness (QED) is 0.597. The van der Waals surface area contributed by atoms with Crippen molar-refractivity contribution < 1.29 is 38.3 Å². The van der Waals surface area contributed by atoms with Crippen molar-refractivity contribution in [1.82, 2.24) is 0 Å². The normalized spacial score (nSPS) is 12.1. The molecule has 0 amide bonds. The molecule has 3 N–H and O–H groups in total. The third-order valence-corrected chi connectivity index (χ3v) is 4.80. The van der Waals surface area contributed by atoms with Crippen molar-refractivity contribution in [2.75, 3.05) is 28.4 Å². The molecule has 2 atom stereocenters. The molecule has 0 fully saturated rings. The van der Waals surface area contributed by atoms with Crippen LogP contribution in [0, 0.1) is 0 Å². The van der Waals surface area contributed by atoms with Gasteiger partial charge in [0.15, 0.2) is 0 Å². The summed E-state index contributed by atoms with van der Waals surface area (Å²) in [6, 6.07) is 0. The zero-order valence-electron chi connectivity index (χ0n) is 10.8. The summed E-state index contributed by atoms with van der Waals surface area (Å²) in [6.45, 7) is 0. The summed E-state index contributed by atoms with van der Waals surface area (Å²) in [7, 11) is 0.148. The van der Waals surface area contributed by atoms with Gasteiger partial charge in [-0.25, -0.2) is 0 Å². The Kier molecular flexibility index (Phi) is 20.8. The lowest BCUT2D eigenvalue weighted by Gasteiger charge is -1.91. The first-order valence-electron chi connectivity index (χ1n) is 4.65. The van der Waals surface area contributed by atoms with E-state index < -0.39 is 27.4 Å². The highest BCUT2D eigenvalue weighted by molar-refractivity contribution is 7.58. The fourth-order valence-electron chi connectivity index (χ4n) is 0.784. The number of carboxylic acids is 1. The minimum Gasteiger partial charge on any atom is -0.481 e. The van der Waals surface area contributed by atoms with Gasteiger partial charge in [0.1, 0.15) is 0 Å². The Morgan fingerprint density at radius 2 is 1.39 bits per heavy atom. The molecular weight excluding hydrogens is 286 g/mol. The van der Waals surface area contributed by atoms with Crippen LogP contribution in [0.1, 0.15) is 12.8 Å². The van der Waals surface area contributed by atoms with Crippen LogP contribution in [-0.2, 0) is 23.0 Å². The lowest BCUT2D eigenvalue weighted by atomic mass is 10.3. The van der Waals surface area contributed by atoms with Gasteiger partial charge < -0.3 is 15.3 Å². The molecule has 0 saturated heterocycles. The number of rotatable bonds is 7. The Morgan fingerprint density at radius 3 is 1.61 bits per heavy atom. The number of aliphatic hydroxyl groups is 2. The van der Waals surface area contributed by atoms with E-state index in [1.165, 1.54) is 14.2 Å². The number of carboxylic acid groups (broad SMARTS) is 1. The molecule has 8 nitrogen and oxygen atoms in total. The second-order valence-corrected chi connectivity index (χ2v) is 5.87. The summed E-state index contributed by atoms with van der Waals surface area (Å²) in [5.74, 6) is -1.03. The van der Waals surface area contributed by atoms with Gasteiger partial charge >= 0.3 is 27.4 Å².